The fourth-order valence-electron chi connectivity index (χ4n) is 3.54. The minimum Gasteiger partial charge on any atom is -0.462 e. The summed E-state index contributed by atoms with van der Waals surface area (Å²) in [5, 5.41) is 0. The summed E-state index contributed by atoms with van der Waals surface area (Å²) in [5.74, 6) is -2.21. The molecule has 1 aliphatic heterocycles. The first kappa shape index (κ1) is 36.6. The molecule has 0 amide bonds. The van der Waals surface area contributed by atoms with Crippen LogP contribution in [-0.4, -0.2) is 60.3 Å². The van der Waals surface area contributed by atoms with Crippen molar-refractivity contribution in [1.29, 1.82) is 0 Å². The van der Waals surface area contributed by atoms with Crippen molar-refractivity contribution in [3.63, 3.8) is 0 Å². The zero-order valence-corrected chi connectivity index (χ0v) is 28.8. The van der Waals surface area contributed by atoms with Gasteiger partial charge < -0.3 is 23.7 Å². The highest BCUT2D eigenvalue weighted by atomic mass is 32.2. The van der Waals surface area contributed by atoms with E-state index in [1.807, 2.05) is 31.2 Å². The molecule has 1 aromatic rings. The molecule has 9 nitrogen and oxygen atoms in total. The molecular formula is C33H50O9S. The van der Waals surface area contributed by atoms with Crippen LogP contribution in [0.1, 0.15) is 88.6 Å². The van der Waals surface area contributed by atoms with Gasteiger partial charge in [0.25, 0.3) is 0 Å². The summed E-state index contributed by atoms with van der Waals surface area (Å²) in [6.45, 7) is 22.1. The Balaban J connectivity index is 2.70. The van der Waals surface area contributed by atoms with Crippen LogP contribution in [0.2, 0.25) is 0 Å². The zero-order chi connectivity index (χ0) is 33.1. The van der Waals surface area contributed by atoms with Crippen molar-refractivity contribution in [3.8, 4) is 0 Å². The molecule has 0 bridgehead atoms. The Kier molecular flexibility index (Phi) is 11.6. The average molecular weight is 623 g/mol. The number of thioether (sulfide) groups is 1. The quantitative estimate of drug-likeness (QED) is 0.254. The normalized spacial score (nSPS) is 23.2. The Morgan fingerprint density at radius 3 is 1.44 bits per heavy atom. The first-order chi connectivity index (χ1) is 19.4. The molecule has 0 N–H and O–H groups in total. The molecule has 10 heteroatoms. The Labute approximate surface area is 261 Å². The van der Waals surface area contributed by atoms with Crippen LogP contribution in [0.3, 0.4) is 0 Å². The van der Waals surface area contributed by atoms with E-state index in [1.165, 1.54) is 11.8 Å². The van der Waals surface area contributed by atoms with Crippen LogP contribution in [0.25, 0.3) is 0 Å². The van der Waals surface area contributed by atoms with Crippen LogP contribution < -0.4 is 0 Å². The molecular weight excluding hydrogens is 572 g/mol. The highest BCUT2D eigenvalue weighted by Gasteiger charge is 2.54. The van der Waals surface area contributed by atoms with E-state index in [0.29, 0.717) is 0 Å². The summed E-state index contributed by atoms with van der Waals surface area (Å²) in [6, 6.07) is 7.69. The van der Waals surface area contributed by atoms with Gasteiger partial charge in [-0.15, -0.1) is 0 Å². The number of hydrogen-bond donors (Lipinski definition) is 0. The lowest BCUT2D eigenvalue weighted by atomic mass is 9.93. The second kappa shape index (κ2) is 13.6. The number of benzene rings is 1. The second-order valence-corrected chi connectivity index (χ2v) is 16.4. The summed E-state index contributed by atoms with van der Waals surface area (Å²) in [4.78, 5) is 53.5. The largest absolute Gasteiger partial charge is 0.462 e. The molecule has 0 unspecified atom stereocenters. The molecule has 0 aliphatic carbocycles. The first-order valence-corrected chi connectivity index (χ1v) is 15.5. The van der Waals surface area contributed by atoms with Gasteiger partial charge in [0, 0.05) is 4.90 Å². The number of esters is 4. The monoisotopic (exact) mass is 622 g/mol. The number of hydrogen-bond acceptors (Lipinski definition) is 10. The van der Waals surface area contributed by atoms with Gasteiger partial charge in [-0.05, 0) is 102 Å². The highest BCUT2D eigenvalue weighted by Crippen LogP contribution is 2.40. The number of carbonyl (C=O) groups is 4. The molecule has 0 saturated carbocycles. The van der Waals surface area contributed by atoms with Crippen LogP contribution in [0, 0.1) is 28.6 Å². The van der Waals surface area contributed by atoms with Gasteiger partial charge in [0.15, 0.2) is 18.3 Å². The van der Waals surface area contributed by atoms with Crippen LogP contribution in [0.15, 0.2) is 29.2 Å². The summed E-state index contributed by atoms with van der Waals surface area (Å²) >= 11 is 1.27. The number of ether oxygens (including phenoxy) is 5. The average Bonchev–Trinajstić information content (AvgIpc) is 2.84. The Bertz CT molecular complexity index is 1150. The summed E-state index contributed by atoms with van der Waals surface area (Å²) in [7, 11) is 0. The molecule has 1 aromatic carbocycles. The maximum absolute atomic E-state index is 13.4. The molecule has 1 fully saturated rings. The van der Waals surface area contributed by atoms with Crippen LogP contribution in [-0.2, 0) is 42.9 Å². The number of aryl methyl sites for hydroxylation is 1. The van der Waals surface area contributed by atoms with Crippen molar-refractivity contribution in [3.05, 3.63) is 29.8 Å². The Hall–Kier alpha value is -2.59. The van der Waals surface area contributed by atoms with Crippen molar-refractivity contribution in [2.45, 2.75) is 125 Å². The fourth-order valence-corrected chi connectivity index (χ4v) is 4.64. The second-order valence-electron chi connectivity index (χ2n) is 15.2. The van der Waals surface area contributed by atoms with Gasteiger partial charge in [-0.3, -0.25) is 19.2 Å². The van der Waals surface area contributed by atoms with Crippen molar-refractivity contribution in [1.82, 2.24) is 0 Å². The smallest absolute Gasteiger partial charge is 0.311 e. The summed E-state index contributed by atoms with van der Waals surface area (Å²) < 4.78 is 30.2. The van der Waals surface area contributed by atoms with Crippen molar-refractivity contribution in [2.75, 3.05) is 6.61 Å². The molecule has 2 rings (SSSR count). The third-order valence-electron chi connectivity index (χ3n) is 6.42. The lowest BCUT2D eigenvalue weighted by Gasteiger charge is -2.46. The number of carbonyl (C=O) groups excluding carboxylic acids is 4. The maximum atomic E-state index is 13.4. The Morgan fingerprint density at radius 1 is 0.628 bits per heavy atom. The Morgan fingerprint density at radius 2 is 1.02 bits per heavy atom. The standard InChI is InChI=1S/C33H50O9S/c1-19-14-16-20(17-15-19)43-25-24(42-29(37)33(11,12)13)23(41-28(36)32(8,9)10)22(40-27(35)31(5,6)7)21(39-25)18-38-26(34)30(2,3)4/h14-17,21-25H,18H2,1-13H3/t21-,22-,23+,24-,25+/m1/s1. The molecule has 0 aromatic heterocycles. The van der Waals surface area contributed by atoms with Crippen molar-refractivity contribution in [2.24, 2.45) is 21.7 Å². The topological polar surface area (TPSA) is 114 Å². The maximum Gasteiger partial charge on any atom is 0.311 e. The van der Waals surface area contributed by atoms with Gasteiger partial charge in [0.05, 0.1) is 21.7 Å². The molecule has 0 radical (unpaired) electrons. The van der Waals surface area contributed by atoms with E-state index >= 15 is 0 Å². The third-order valence-corrected chi connectivity index (χ3v) is 7.58. The van der Waals surface area contributed by atoms with Crippen LogP contribution in [0.4, 0.5) is 0 Å². The minimum atomic E-state index is -1.26. The third kappa shape index (κ3) is 10.5. The molecule has 1 heterocycles. The fraction of sp³-hybridized carbons (Fsp3) is 0.697. The summed E-state index contributed by atoms with van der Waals surface area (Å²) in [6.07, 6.45) is -4.72. The molecule has 5 atom stereocenters. The molecule has 1 saturated heterocycles. The molecule has 43 heavy (non-hydrogen) atoms. The minimum absolute atomic E-state index is 0.285. The van der Waals surface area contributed by atoms with E-state index in [2.05, 4.69) is 0 Å². The first-order valence-electron chi connectivity index (χ1n) is 14.6. The predicted molar refractivity (Wildman–Crippen MR) is 164 cm³/mol. The molecule has 1 aliphatic rings. The van der Waals surface area contributed by atoms with Gasteiger partial charge >= 0.3 is 23.9 Å². The van der Waals surface area contributed by atoms with E-state index < -0.39 is 75.4 Å². The lowest BCUT2D eigenvalue weighted by Crippen LogP contribution is -2.63. The molecule has 242 valence electrons. The van der Waals surface area contributed by atoms with E-state index in [9.17, 15) is 19.2 Å². The SMILES string of the molecule is Cc1ccc(S[C@@H]2O[C@H](COC(=O)C(C)(C)C)[C@@H](OC(=O)C(C)(C)C)[C@H](OC(=O)C(C)(C)C)[C@H]2OC(=O)C(C)(C)C)cc1. The highest BCUT2D eigenvalue weighted by molar-refractivity contribution is 7.99. The van der Waals surface area contributed by atoms with Crippen molar-refractivity contribution >= 4 is 35.6 Å². The zero-order valence-electron chi connectivity index (χ0n) is 28.0. The van der Waals surface area contributed by atoms with E-state index in [1.54, 1.807) is 83.1 Å². The lowest BCUT2D eigenvalue weighted by molar-refractivity contribution is -0.246. The van der Waals surface area contributed by atoms with Gasteiger partial charge in [-0.25, -0.2) is 0 Å². The number of rotatable bonds is 7. The van der Waals surface area contributed by atoms with E-state index in [4.69, 9.17) is 23.7 Å². The van der Waals surface area contributed by atoms with Crippen molar-refractivity contribution < 1.29 is 42.9 Å². The van der Waals surface area contributed by atoms with Gasteiger partial charge in [-0.2, -0.15) is 0 Å². The van der Waals surface area contributed by atoms with Crippen LogP contribution >= 0.6 is 11.8 Å². The van der Waals surface area contributed by atoms with E-state index in [-0.39, 0.29) is 6.61 Å². The predicted octanol–water partition coefficient (Wildman–Crippen LogP) is 6.28. The van der Waals surface area contributed by atoms with Gasteiger partial charge in [-0.1, -0.05) is 29.5 Å². The molecule has 0 spiro atoms. The van der Waals surface area contributed by atoms with E-state index in [0.717, 1.165) is 10.5 Å². The van der Waals surface area contributed by atoms with Gasteiger partial charge in [0.1, 0.15) is 18.1 Å². The summed E-state index contributed by atoms with van der Waals surface area (Å²) in [5.41, 5.74) is -3.39. The van der Waals surface area contributed by atoms with Crippen LogP contribution in [0.5, 0.6) is 0 Å². The van der Waals surface area contributed by atoms with Gasteiger partial charge in [0.2, 0.25) is 0 Å².